The summed E-state index contributed by atoms with van der Waals surface area (Å²) in [7, 11) is 0. The fourth-order valence-electron chi connectivity index (χ4n) is 2.43. The first kappa shape index (κ1) is 25.2. The van der Waals surface area contributed by atoms with E-state index >= 15 is 0 Å². The molecule has 128 valence electrons. The van der Waals surface area contributed by atoms with Gasteiger partial charge in [0.2, 0.25) is 0 Å². The summed E-state index contributed by atoms with van der Waals surface area (Å²) in [5.41, 5.74) is 0. The molecule has 0 aromatic rings. The SMILES string of the molecule is C1CCOC1.C[C]1[C](C)[C](C)[C](C)[C]1C.[CH]1[CH][CH][CH][CH][CH][CH][CH]1.[La]. The van der Waals surface area contributed by atoms with Gasteiger partial charge < -0.3 is 4.74 Å². The molecule has 0 spiro atoms. The fourth-order valence-corrected chi connectivity index (χ4v) is 2.43. The van der Waals surface area contributed by atoms with E-state index in [1.807, 2.05) is 51.4 Å². The van der Waals surface area contributed by atoms with Gasteiger partial charge in [-0.05, 0) is 93.8 Å². The van der Waals surface area contributed by atoms with E-state index in [-0.39, 0.29) is 35.6 Å². The van der Waals surface area contributed by atoms with E-state index in [0.29, 0.717) is 0 Å². The van der Waals surface area contributed by atoms with Gasteiger partial charge in [0.15, 0.2) is 0 Å². The van der Waals surface area contributed by atoms with Crippen molar-refractivity contribution in [3.05, 3.63) is 81.0 Å². The minimum atomic E-state index is 0. The minimum absolute atomic E-state index is 0. The molecule has 1 nitrogen and oxygen atoms in total. The summed E-state index contributed by atoms with van der Waals surface area (Å²) < 4.78 is 4.94. The molecule has 0 N–H and O–H groups in total. The van der Waals surface area contributed by atoms with Crippen LogP contribution < -0.4 is 0 Å². The summed E-state index contributed by atoms with van der Waals surface area (Å²) in [6.45, 7) is 13.0. The van der Waals surface area contributed by atoms with Crippen LogP contribution in [0.15, 0.2) is 0 Å². The molecule has 3 fully saturated rings. The van der Waals surface area contributed by atoms with Crippen LogP contribution in [-0.2, 0) is 4.74 Å². The van der Waals surface area contributed by atoms with E-state index < -0.39 is 0 Å². The Balaban J connectivity index is 0.000000340. The van der Waals surface area contributed by atoms with Crippen molar-refractivity contribution in [1.29, 1.82) is 0 Å². The number of ether oxygens (including phenoxy) is 1. The minimum Gasteiger partial charge on any atom is -0.381 e. The van der Waals surface area contributed by atoms with Crippen molar-refractivity contribution in [2.45, 2.75) is 47.5 Å². The van der Waals surface area contributed by atoms with Gasteiger partial charge in [0.25, 0.3) is 0 Å². The van der Waals surface area contributed by atoms with Gasteiger partial charge in [0.05, 0.1) is 0 Å². The van der Waals surface area contributed by atoms with Gasteiger partial charge in [-0.15, -0.1) is 0 Å². The van der Waals surface area contributed by atoms with E-state index in [2.05, 4.69) is 34.6 Å². The summed E-state index contributed by atoms with van der Waals surface area (Å²) in [5.74, 6) is 7.34. The van der Waals surface area contributed by atoms with Gasteiger partial charge in [-0.2, -0.15) is 0 Å². The molecule has 2 saturated carbocycles. The number of hydrogen-bond donors (Lipinski definition) is 0. The first-order chi connectivity index (χ1) is 11.1. The van der Waals surface area contributed by atoms with Gasteiger partial charge in [-0.3, -0.25) is 0 Å². The van der Waals surface area contributed by atoms with Crippen LogP contribution in [0.1, 0.15) is 47.5 Å². The molecule has 3 aliphatic rings. The van der Waals surface area contributed by atoms with Crippen LogP contribution >= 0.6 is 0 Å². The second kappa shape index (κ2) is 15.2. The second-order valence-corrected chi connectivity index (χ2v) is 5.98. The number of rotatable bonds is 0. The van der Waals surface area contributed by atoms with Crippen LogP contribution in [0.5, 0.6) is 0 Å². The molecule has 0 aromatic heterocycles. The van der Waals surface area contributed by atoms with E-state index in [1.165, 1.54) is 42.4 Å². The predicted molar refractivity (Wildman–Crippen MR) is 99.0 cm³/mol. The Morgan fingerprint density at radius 3 is 0.833 bits per heavy atom. The molecule has 14 radical (unpaired) electrons. The van der Waals surface area contributed by atoms with Gasteiger partial charge in [-0.1, -0.05) is 34.6 Å². The van der Waals surface area contributed by atoms with E-state index in [9.17, 15) is 0 Å². The summed E-state index contributed by atoms with van der Waals surface area (Å²) in [5, 5.41) is 0. The monoisotopic (exact) mass is 450 g/mol. The first-order valence-electron chi connectivity index (χ1n) is 8.49. The Morgan fingerprint density at radius 1 is 0.500 bits per heavy atom. The third-order valence-electron chi connectivity index (χ3n) is 4.53. The van der Waals surface area contributed by atoms with Crippen molar-refractivity contribution < 1.29 is 40.3 Å². The molecule has 0 amide bonds. The van der Waals surface area contributed by atoms with E-state index in [1.54, 1.807) is 0 Å². The zero-order chi connectivity index (χ0) is 17.1. The van der Waals surface area contributed by atoms with Crippen molar-refractivity contribution in [3.63, 3.8) is 0 Å². The third-order valence-corrected chi connectivity index (χ3v) is 4.53. The van der Waals surface area contributed by atoms with Crippen LogP contribution in [0, 0.1) is 117 Å². The zero-order valence-electron chi connectivity index (χ0n) is 15.9. The molecule has 0 unspecified atom stereocenters. The predicted octanol–water partition coefficient (Wildman–Crippen LogP) is 5.40. The maximum absolute atomic E-state index is 4.94. The molecule has 1 aliphatic heterocycles. The van der Waals surface area contributed by atoms with Crippen LogP contribution in [0.3, 0.4) is 0 Å². The van der Waals surface area contributed by atoms with Gasteiger partial charge in [0.1, 0.15) is 0 Å². The average molecular weight is 450 g/mol. The Bertz CT molecular complexity index is 201. The molecule has 0 bridgehead atoms. The Morgan fingerprint density at radius 2 is 0.708 bits per heavy atom. The normalized spacial score (nSPS) is 24.9. The van der Waals surface area contributed by atoms with Crippen LogP contribution in [-0.4, -0.2) is 13.2 Å². The van der Waals surface area contributed by atoms with Crippen molar-refractivity contribution in [3.8, 4) is 0 Å². The van der Waals surface area contributed by atoms with Crippen molar-refractivity contribution >= 4 is 0 Å². The number of hydrogen-bond acceptors (Lipinski definition) is 1. The largest absolute Gasteiger partial charge is 0.381 e. The summed E-state index contributed by atoms with van der Waals surface area (Å²) in [4.78, 5) is 0. The average Bonchev–Trinajstić information content (AvgIpc) is 3.15. The molecule has 0 atom stereocenters. The summed E-state index contributed by atoms with van der Waals surface area (Å²) >= 11 is 0. The van der Waals surface area contributed by atoms with Gasteiger partial charge >= 0.3 is 0 Å². The summed E-state index contributed by atoms with van der Waals surface area (Å²) in [6, 6.07) is 0. The molecule has 2 heteroatoms. The maximum atomic E-state index is 4.94. The molecule has 24 heavy (non-hydrogen) atoms. The molecule has 0 aromatic carbocycles. The Kier molecular flexibility index (Phi) is 16.0. The van der Waals surface area contributed by atoms with Crippen LogP contribution in [0.2, 0.25) is 0 Å². The molecular weight excluding hydrogens is 419 g/mol. The van der Waals surface area contributed by atoms with Crippen molar-refractivity contribution in [1.82, 2.24) is 0 Å². The molecule has 1 saturated heterocycles. The molecule has 1 heterocycles. The summed E-state index contributed by atoms with van der Waals surface area (Å²) in [6.07, 6.45) is 18.6. The quantitative estimate of drug-likeness (QED) is 0.480. The van der Waals surface area contributed by atoms with Crippen LogP contribution in [0.4, 0.5) is 0 Å². The zero-order valence-corrected chi connectivity index (χ0v) is 19.6. The Labute approximate surface area is 181 Å². The molecule has 3 rings (SSSR count). The van der Waals surface area contributed by atoms with Gasteiger partial charge in [-0.25, -0.2) is 0 Å². The Hall–Kier alpha value is 1.15. The van der Waals surface area contributed by atoms with Crippen LogP contribution in [0.25, 0.3) is 0 Å². The van der Waals surface area contributed by atoms with Crippen molar-refractivity contribution in [2.24, 2.45) is 0 Å². The molecule has 2 aliphatic carbocycles. The fraction of sp³-hybridized carbons (Fsp3) is 0.409. The van der Waals surface area contributed by atoms with Gasteiger partial charge in [0, 0.05) is 48.8 Å². The second-order valence-electron chi connectivity index (χ2n) is 5.98. The van der Waals surface area contributed by atoms with E-state index in [4.69, 9.17) is 4.74 Å². The van der Waals surface area contributed by atoms with Crippen molar-refractivity contribution in [2.75, 3.05) is 13.2 Å². The molecular formula is C22H31LaO. The smallest absolute Gasteiger partial charge is 0.0466 e. The standard InChI is InChI=1S/C10H15.C8H8.C4H8O.La/c1-6-7(2)9(4)10(5)8(6)3;1-2-4-6-8-7-5-3-1;1-2-4-5-3-1;/h1-5H3;1-8H;1-4H2;. The third kappa shape index (κ3) is 9.74. The maximum Gasteiger partial charge on any atom is 0.0466 e. The topological polar surface area (TPSA) is 9.23 Å². The van der Waals surface area contributed by atoms with E-state index in [0.717, 1.165) is 13.2 Å². The first-order valence-corrected chi connectivity index (χ1v) is 8.49.